The van der Waals surface area contributed by atoms with Crippen molar-refractivity contribution in [1.82, 2.24) is 4.90 Å². The Labute approximate surface area is 149 Å². The Kier molecular flexibility index (Phi) is 7.17. The molecule has 25 heavy (non-hydrogen) atoms. The highest BCUT2D eigenvalue weighted by Gasteiger charge is 2.51. The lowest BCUT2D eigenvalue weighted by Gasteiger charge is -2.49. The lowest BCUT2D eigenvalue weighted by molar-refractivity contribution is -0.267. The predicted octanol–water partition coefficient (Wildman–Crippen LogP) is -2.44. The lowest BCUT2D eigenvalue weighted by atomic mass is 9.81. The topological polar surface area (TPSA) is 149 Å². The highest BCUT2D eigenvalue weighted by molar-refractivity contribution is 5.05. The summed E-state index contributed by atoms with van der Waals surface area (Å²) in [7, 11) is 5.09. The normalized spacial score (nSPS) is 47.0. The molecule has 10 unspecified atom stereocenters. The van der Waals surface area contributed by atoms with Crippen molar-refractivity contribution in [2.24, 2.45) is 17.2 Å². The minimum absolute atomic E-state index is 0.151. The van der Waals surface area contributed by atoms with E-state index in [9.17, 15) is 10.2 Å². The van der Waals surface area contributed by atoms with Gasteiger partial charge in [0.2, 0.25) is 0 Å². The summed E-state index contributed by atoms with van der Waals surface area (Å²) in [6.45, 7) is 1.87. The third-order valence-corrected chi connectivity index (χ3v) is 5.32. The van der Waals surface area contributed by atoms with E-state index in [4.69, 9.17) is 31.4 Å². The molecule has 1 aliphatic carbocycles. The Morgan fingerprint density at radius 2 is 1.76 bits per heavy atom. The summed E-state index contributed by atoms with van der Waals surface area (Å²) in [5, 5.41) is 21.3. The summed E-state index contributed by atoms with van der Waals surface area (Å²) in [6, 6.07) is -1.80. The Morgan fingerprint density at radius 3 is 2.28 bits per heavy atom. The molecule has 1 saturated heterocycles. The van der Waals surface area contributed by atoms with Crippen LogP contribution in [0.25, 0.3) is 0 Å². The van der Waals surface area contributed by atoms with Crippen LogP contribution in [0.15, 0.2) is 0 Å². The monoisotopic (exact) mass is 362 g/mol. The summed E-state index contributed by atoms with van der Waals surface area (Å²) in [6.07, 6.45) is -2.86. The van der Waals surface area contributed by atoms with Crippen molar-refractivity contribution in [3.8, 4) is 0 Å². The van der Waals surface area contributed by atoms with E-state index in [0.29, 0.717) is 6.42 Å². The van der Waals surface area contributed by atoms with Crippen molar-refractivity contribution in [2.75, 3.05) is 21.2 Å². The Bertz CT molecular complexity index is 427. The van der Waals surface area contributed by atoms with E-state index >= 15 is 0 Å². The summed E-state index contributed by atoms with van der Waals surface area (Å²) in [5.74, 6) is 0. The van der Waals surface area contributed by atoms with Crippen LogP contribution in [0.1, 0.15) is 19.8 Å². The first-order valence-electron chi connectivity index (χ1n) is 8.82. The van der Waals surface area contributed by atoms with Crippen molar-refractivity contribution >= 4 is 0 Å². The average Bonchev–Trinajstić information content (AvgIpc) is 2.55. The van der Waals surface area contributed by atoms with Crippen LogP contribution in [0.4, 0.5) is 0 Å². The molecule has 9 heteroatoms. The minimum atomic E-state index is -0.991. The van der Waals surface area contributed by atoms with Gasteiger partial charge in [-0.1, -0.05) is 0 Å². The zero-order chi connectivity index (χ0) is 18.9. The smallest absolute Gasteiger partial charge is 0.173 e. The number of likely N-dealkylation sites (N-methyl/N-ethyl adjacent to an activating group) is 1. The van der Waals surface area contributed by atoms with Gasteiger partial charge in [-0.25, -0.2) is 0 Å². The van der Waals surface area contributed by atoms with Crippen LogP contribution in [0.2, 0.25) is 0 Å². The van der Waals surface area contributed by atoms with Gasteiger partial charge >= 0.3 is 0 Å². The van der Waals surface area contributed by atoms with Gasteiger partial charge < -0.3 is 46.5 Å². The van der Waals surface area contributed by atoms with E-state index in [-0.39, 0.29) is 18.2 Å². The van der Waals surface area contributed by atoms with E-state index in [1.807, 2.05) is 6.92 Å². The summed E-state index contributed by atoms with van der Waals surface area (Å²) >= 11 is 0. The van der Waals surface area contributed by atoms with Gasteiger partial charge in [0, 0.05) is 13.2 Å². The number of rotatable bonds is 5. The summed E-state index contributed by atoms with van der Waals surface area (Å²) in [5.41, 5.74) is 18.2. The summed E-state index contributed by atoms with van der Waals surface area (Å²) in [4.78, 5) is 1.79. The van der Waals surface area contributed by atoms with Crippen molar-refractivity contribution in [2.45, 2.75) is 80.7 Å². The standard InChI is InChI=1S/C16H34N4O5/c1-7(17)9-6-5-8(18)16(24-9)25-14-10(19)12(21)15(23-4)11(13(14)22)20(2)3/h7-16,21-22H,5-6,17-19H2,1-4H3. The first kappa shape index (κ1) is 20.9. The number of methoxy groups -OCH3 is 1. The van der Waals surface area contributed by atoms with Crippen molar-refractivity contribution < 1.29 is 24.4 Å². The van der Waals surface area contributed by atoms with E-state index in [0.717, 1.165) is 6.42 Å². The van der Waals surface area contributed by atoms with E-state index in [2.05, 4.69) is 0 Å². The third kappa shape index (κ3) is 4.32. The van der Waals surface area contributed by atoms with Gasteiger partial charge in [-0.05, 0) is 33.9 Å². The first-order chi connectivity index (χ1) is 11.7. The molecule has 9 nitrogen and oxygen atoms in total. The number of aliphatic hydroxyl groups excluding tert-OH is 2. The molecule has 0 aromatic rings. The molecule has 2 rings (SSSR count). The summed E-state index contributed by atoms with van der Waals surface area (Å²) < 4.78 is 17.2. The Balaban J connectivity index is 2.16. The van der Waals surface area contributed by atoms with Crippen molar-refractivity contribution in [1.29, 1.82) is 0 Å². The predicted molar refractivity (Wildman–Crippen MR) is 92.7 cm³/mol. The first-order valence-corrected chi connectivity index (χ1v) is 8.82. The average molecular weight is 362 g/mol. The van der Waals surface area contributed by atoms with E-state index in [1.54, 1.807) is 19.0 Å². The van der Waals surface area contributed by atoms with E-state index in [1.165, 1.54) is 7.11 Å². The third-order valence-electron chi connectivity index (χ3n) is 5.32. The molecule has 1 heterocycles. The number of hydrogen-bond donors (Lipinski definition) is 5. The fourth-order valence-corrected chi connectivity index (χ4v) is 3.79. The number of nitrogens with zero attached hydrogens (tertiary/aromatic N) is 1. The van der Waals surface area contributed by atoms with Gasteiger partial charge in [0.05, 0.1) is 36.4 Å². The fourth-order valence-electron chi connectivity index (χ4n) is 3.79. The minimum Gasteiger partial charge on any atom is -0.389 e. The van der Waals surface area contributed by atoms with Crippen molar-refractivity contribution in [3.63, 3.8) is 0 Å². The van der Waals surface area contributed by atoms with Crippen molar-refractivity contribution in [3.05, 3.63) is 0 Å². The number of ether oxygens (including phenoxy) is 3. The van der Waals surface area contributed by atoms with Crippen LogP contribution in [0.3, 0.4) is 0 Å². The molecular weight excluding hydrogens is 328 g/mol. The van der Waals surface area contributed by atoms with Crippen LogP contribution in [0, 0.1) is 0 Å². The van der Waals surface area contributed by atoms with Gasteiger partial charge in [0.15, 0.2) is 6.29 Å². The van der Waals surface area contributed by atoms with Crippen LogP contribution in [-0.4, -0.2) is 97.3 Å². The molecule has 0 radical (unpaired) electrons. The Hall–Kier alpha value is -0.360. The maximum atomic E-state index is 10.8. The van der Waals surface area contributed by atoms with Crippen LogP contribution >= 0.6 is 0 Å². The zero-order valence-corrected chi connectivity index (χ0v) is 15.5. The van der Waals surface area contributed by atoms with Gasteiger partial charge in [-0.15, -0.1) is 0 Å². The van der Waals surface area contributed by atoms with E-state index < -0.39 is 42.8 Å². The molecule has 148 valence electrons. The molecule has 0 aromatic carbocycles. The largest absolute Gasteiger partial charge is 0.389 e. The molecule has 8 N–H and O–H groups in total. The number of nitrogens with two attached hydrogens (primary N) is 3. The molecule has 1 saturated carbocycles. The number of aliphatic hydroxyl groups is 2. The molecule has 1 aliphatic heterocycles. The molecule has 0 spiro atoms. The molecule has 2 aliphatic rings. The highest BCUT2D eigenvalue weighted by Crippen LogP contribution is 2.30. The van der Waals surface area contributed by atoms with Gasteiger partial charge in [-0.3, -0.25) is 0 Å². The van der Waals surface area contributed by atoms with Crippen LogP contribution < -0.4 is 17.2 Å². The number of hydrogen-bond acceptors (Lipinski definition) is 9. The van der Waals surface area contributed by atoms with Crippen LogP contribution in [-0.2, 0) is 14.2 Å². The molecular formula is C16H34N4O5. The quantitative estimate of drug-likeness (QED) is 0.359. The second-order valence-corrected chi connectivity index (χ2v) is 7.46. The highest BCUT2D eigenvalue weighted by atomic mass is 16.7. The second-order valence-electron chi connectivity index (χ2n) is 7.46. The molecule has 0 amide bonds. The lowest BCUT2D eigenvalue weighted by Crippen LogP contribution is -2.71. The van der Waals surface area contributed by atoms with Gasteiger partial charge in [0.25, 0.3) is 0 Å². The molecule has 0 bridgehead atoms. The fraction of sp³-hybridized carbons (Fsp3) is 1.00. The van der Waals surface area contributed by atoms with Gasteiger partial charge in [0.1, 0.15) is 12.2 Å². The maximum Gasteiger partial charge on any atom is 0.173 e. The van der Waals surface area contributed by atoms with Gasteiger partial charge in [-0.2, -0.15) is 0 Å². The molecule has 0 aromatic heterocycles. The molecule has 2 fully saturated rings. The molecule has 10 atom stereocenters. The van der Waals surface area contributed by atoms with Crippen LogP contribution in [0.5, 0.6) is 0 Å². The SMILES string of the molecule is COC1C(O)C(N)C(OC2OC(C(C)N)CCC2N)C(O)C1N(C)C. The maximum absolute atomic E-state index is 10.8. The zero-order valence-electron chi connectivity index (χ0n) is 15.5. The Morgan fingerprint density at radius 1 is 1.12 bits per heavy atom. The second kappa shape index (κ2) is 8.55.